The lowest BCUT2D eigenvalue weighted by Gasteiger charge is -2.23. The standard InChI is InChI=1S/C60H98N6O10/c1-4-6-20-28-54(75-58(71)44-65-49-36-32-47(33-37-49)42-46(3)61)52(67)26-22-16-12-8-10-14-18-24-30-56(69)63-40-41-64-57(70)31-25-19-15-11-9-13-17-23-27-53(68)55(29-21-7-5-2)76-59(72)45-66-50-38-34-48(35-39-50)43-51(62)60(73)74/h16-17,22-23,32-39,46,51-55,65-68H,4-15,18-21,24-31,40-45,61-62H2,1-3H3,(H,63,69)(H,64,70)(H,73,74). The number of carboxylic acids is 1. The molecule has 428 valence electrons. The highest BCUT2D eigenvalue weighted by Crippen LogP contribution is 2.19. The van der Waals surface area contributed by atoms with Gasteiger partial charge in [0, 0.05) is 43.3 Å². The van der Waals surface area contributed by atoms with E-state index in [1.807, 2.05) is 43.3 Å². The van der Waals surface area contributed by atoms with Gasteiger partial charge in [0.2, 0.25) is 11.8 Å². The van der Waals surface area contributed by atoms with E-state index >= 15 is 0 Å². The molecule has 0 bridgehead atoms. The van der Waals surface area contributed by atoms with Crippen LogP contribution in [-0.4, -0.2) is 108 Å². The van der Waals surface area contributed by atoms with Gasteiger partial charge in [0.05, 0.1) is 12.2 Å². The quantitative estimate of drug-likeness (QED) is 0.0170. The monoisotopic (exact) mass is 1060 g/mol. The number of esters is 2. The summed E-state index contributed by atoms with van der Waals surface area (Å²) in [7, 11) is 0. The van der Waals surface area contributed by atoms with E-state index in [1.54, 1.807) is 24.3 Å². The molecule has 0 aliphatic rings. The van der Waals surface area contributed by atoms with Crippen LogP contribution in [0, 0.1) is 0 Å². The molecule has 2 amide bonds. The predicted octanol–water partition coefficient (Wildman–Crippen LogP) is 9.35. The molecular formula is C60H98N6O10. The maximum Gasteiger partial charge on any atom is 0.325 e. The lowest BCUT2D eigenvalue weighted by atomic mass is 10.0. The van der Waals surface area contributed by atoms with Gasteiger partial charge in [-0.3, -0.25) is 24.0 Å². The summed E-state index contributed by atoms with van der Waals surface area (Å²) in [6.07, 6.45) is 26.7. The lowest BCUT2D eigenvalue weighted by Crippen LogP contribution is -2.34. The molecule has 0 aromatic heterocycles. The van der Waals surface area contributed by atoms with Gasteiger partial charge in [-0.2, -0.15) is 0 Å². The minimum atomic E-state index is -1.06. The summed E-state index contributed by atoms with van der Waals surface area (Å²) in [5, 5.41) is 42.8. The first-order valence-electron chi connectivity index (χ1n) is 28.7. The summed E-state index contributed by atoms with van der Waals surface area (Å²) < 4.78 is 11.5. The Bertz CT molecular complexity index is 1930. The SMILES string of the molecule is CCCCCC(OC(=O)CNc1ccc(CC(C)N)cc1)C(O)CC=CCCCCCCCC(=O)NCCNC(=O)CCCCCCCC=CCC(O)C(CCCCC)OC(=O)CNc1ccc(CC(N)C(=O)O)cc1. The third kappa shape index (κ3) is 34.4. The van der Waals surface area contributed by atoms with Crippen molar-refractivity contribution < 1.29 is 48.8 Å². The molecule has 0 spiro atoms. The molecule has 0 radical (unpaired) electrons. The average Bonchev–Trinajstić information content (AvgIpc) is 3.39. The summed E-state index contributed by atoms with van der Waals surface area (Å²) in [4.78, 5) is 61.1. The lowest BCUT2D eigenvalue weighted by molar-refractivity contribution is -0.154. The molecule has 11 N–H and O–H groups in total. The molecule has 2 rings (SSSR count). The zero-order valence-corrected chi connectivity index (χ0v) is 46.5. The highest BCUT2D eigenvalue weighted by atomic mass is 16.6. The Morgan fingerprint density at radius 1 is 0.539 bits per heavy atom. The number of ether oxygens (including phenoxy) is 2. The third-order valence-electron chi connectivity index (χ3n) is 13.1. The van der Waals surface area contributed by atoms with E-state index in [4.69, 9.17) is 26.0 Å². The Morgan fingerprint density at radius 3 is 1.33 bits per heavy atom. The highest BCUT2D eigenvalue weighted by Gasteiger charge is 2.24. The van der Waals surface area contributed by atoms with Gasteiger partial charge in [-0.1, -0.05) is 127 Å². The van der Waals surface area contributed by atoms with Gasteiger partial charge in [0.15, 0.2) is 0 Å². The van der Waals surface area contributed by atoms with E-state index < -0.39 is 42.4 Å². The molecule has 0 aliphatic carbocycles. The number of aliphatic carboxylic acids is 1. The van der Waals surface area contributed by atoms with Crippen molar-refractivity contribution in [2.45, 2.75) is 224 Å². The van der Waals surface area contributed by atoms with E-state index in [9.17, 15) is 34.2 Å². The molecule has 0 heterocycles. The minimum absolute atomic E-state index is 0.00134. The summed E-state index contributed by atoms with van der Waals surface area (Å²) in [5.41, 5.74) is 14.9. The number of carboxylic acid groups (broad SMARTS) is 1. The number of amides is 2. The van der Waals surface area contributed by atoms with E-state index in [0.29, 0.717) is 57.3 Å². The van der Waals surface area contributed by atoms with Crippen LogP contribution in [0.3, 0.4) is 0 Å². The fraction of sp³-hybridized carbons (Fsp3) is 0.650. The number of hydrogen-bond acceptors (Lipinski definition) is 13. The number of carbonyl (C=O) groups is 5. The van der Waals surface area contributed by atoms with Crippen molar-refractivity contribution in [1.82, 2.24) is 10.6 Å². The summed E-state index contributed by atoms with van der Waals surface area (Å²) in [6.45, 7) is 6.97. The molecule has 6 atom stereocenters. The Kier molecular flexibility index (Phi) is 37.6. The minimum Gasteiger partial charge on any atom is -0.480 e. The van der Waals surface area contributed by atoms with Crippen LogP contribution in [-0.2, 0) is 46.3 Å². The molecule has 0 fully saturated rings. The van der Waals surface area contributed by atoms with Gasteiger partial charge in [-0.25, -0.2) is 0 Å². The number of anilines is 2. The number of unbranched alkanes of at least 4 members (excludes halogenated alkanes) is 14. The topological polar surface area (TPSA) is 265 Å². The molecule has 76 heavy (non-hydrogen) atoms. The molecule has 16 heteroatoms. The first kappa shape index (κ1) is 66.8. The number of nitrogens with two attached hydrogens (primary N) is 2. The smallest absolute Gasteiger partial charge is 0.325 e. The van der Waals surface area contributed by atoms with Gasteiger partial charge < -0.3 is 57.5 Å². The van der Waals surface area contributed by atoms with Crippen molar-refractivity contribution in [1.29, 1.82) is 0 Å². The van der Waals surface area contributed by atoms with Crippen molar-refractivity contribution in [2.24, 2.45) is 11.5 Å². The van der Waals surface area contributed by atoms with E-state index in [1.165, 1.54) is 0 Å². The van der Waals surface area contributed by atoms with Gasteiger partial charge in [-0.05, 0) is 132 Å². The van der Waals surface area contributed by atoms with Crippen LogP contribution in [0.5, 0.6) is 0 Å². The van der Waals surface area contributed by atoms with E-state index in [2.05, 4.69) is 47.3 Å². The molecule has 0 saturated heterocycles. The number of carbonyl (C=O) groups excluding carboxylic acids is 4. The van der Waals surface area contributed by atoms with Gasteiger partial charge >= 0.3 is 17.9 Å². The van der Waals surface area contributed by atoms with Crippen LogP contribution < -0.4 is 32.7 Å². The molecule has 6 unspecified atom stereocenters. The van der Waals surface area contributed by atoms with Crippen molar-refractivity contribution in [3.05, 3.63) is 84.0 Å². The number of aliphatic hydroxyl groups excluding tert-OH is 2. The van der Waals surface area contributed by atoms with Gasteiger partial charge in [-0.15, -0.1) is 0 Å². The average molecular weight is 1060 g/mol. The Morgan fingerprint density at radius 2 is 0.934 bits per heavy atom. The second-order valence-electron chi connectivity index (χ2n) is 20.3. The number of hydrogen-bond donors (Lipinski definition) is 9. The normalized spacial score (nSPS) is 13.9. The number of nitrogens with one attached hydrogen (secondary N) is 4. The largest absolute Gasteiger partial charge is 0.480 e. The second kappa shape index (κ2) is 42.8. The first-order valence-corrected chi connectivity index (χ1v) is 28.7. The van der Waals surface area contributed by atoms with Crippen LogP contribution in [0.1, 0.15) is 186 Å². The predicted molar refractivity (Wildman–Crippen MR) is 305 cm³/mol. The van der Waals surface area contributed by atoms with Crippen LogP contribution in [0.4, 0.5) is 11.4 Å². The van der Waals surface area contributed by atoms with Crippen molar-refractivity contribution in [3.63, 3.8) is 0 Å². The zero-order chi connectivity index (χ0) is 55.6. The molecule has 0 saturated carbocycles. The maximum atomic E-state index is 12.7. The van der Waals surface area contributed by atoms with Crippen LogP contribution in [0.2, 0.25) is 0 Å². The Labute approximate surface area is 455 Å². The Balaban J connectivity index is 1.47. The Hall–Kier alpha value is -5.29. The van der Waals surface area contributed by atoms with Gasteiger partial charge in [0.25, 0.3) is 0 Å². The molecule has 2 aromatic rings. The molecule has 0 aliphatic heterocycles. The number of rotatable bonds is 46. The highest BCUT2D eigenvalue weighted by molar-refractivity contribution is 5.77. The van der Waals surface area contributed by atoms with E-state index in [0.717, 1.165) is 139 Å². The summed E-state index contributed by atoms with van der Waals surface area (Å²) in [6, 6.07) is 14.0. The maximum absolute atomic E-state index is 12.7. The zero-order valence-electron chi connectivity index (χ0n) is 46.5. The number of benzene rings is 2. The van der Waals surface area contributed by atoms with Crippen LogP contribution in [0.25, 0.3) is 0 Å². The third-order valence-corrected chi connectivity index (χ3v) is 13.1. The fourth-order valence-electron chi connectivity index (χ4n) is 8.60. The van der Waals surface area contributed by atoms with Crippen molar-refractivity contribution in [3.8, 4) is 0 Å². The van der Waals surface area contributed by atoms with Gasteiger partial charge in [0.1, 0.15) is 31.3 Å². The second-order valence-corrected chi connectivity index (χ2v) is 20.3. The number of aliphatic hydroxyl groups is 2. The molecular weight excluding hydrogens is 965 g/mol. The van der Waals surface area contributed by atoms with Crippen molar-refractivity contribution in [2.75, 3.05) is 36.8 Å². The molecule has 16 nitrogen and oxygen atoms in total. The van der Waals surface area contributed by atoms with Crippen LogP contribution in [0.15, 0.2) is 72.8 Å². The first-order chi connectivity index (χ1) is 36.7. The van der Waals surface area contributed by atoms with Crippen LogP contribution >= 0.6 is 0 Å². The fourth-order valence-corrected chi connectivity index (χ4v) is 8.60. The van der Waals surface area contributed by atoms with Crippen molar-refractivity contribution >= 4 is 41.1 Å². The molecule has 2 aromatic carbocycles. The summed E-state index contributed by atoms with van der Waals surface area (Å²) in [5.74, 6) is -1.91. The van der Waals surface area contributed by atoms with E-state index in [-0.39, 0.29) is 43.3 Å². The number of allylic oxidation sites excluding steroid dienone is 2. The summed E-state index contributed by atoms with van der Waals surface area (Å²) >= 11 is 0.